The molecule has 0 fully saturated rings. The van der Waals surface area contributed by atoms with Gasteiger partial charge < -0.3 is 5.11 Å². The molecule has 0 radical (unpaired) electrons. The molecule has 4 heteroatoms. The van der Waals surface area contributed by atoms with E-state index in [0.717, 1.165) is 11.4 Å². The van der Waals surface area contributed by atoms with Crippen LogP contribution in [0.3, 0.4) is 0 Å². The predicted octanol–water partition coefficient (Wildman–Crippen LogP) is 2.79. The Labute approximate surface area is 120 Å². The minimum atomic E-state index is -0.777. The smallest absolute Gasteiger partial charge is 0.138 e. The molecule has 1 atom stereocenters. The molecule has 1 unspecified atom stereocenters. The Morgan fingerprint density at radius 3 is 2.50 bits per heavy atom. The fourth-order valence-corrected chi connectivity index (χ4v) is 2.41. The Morgan fingerprint density at radius 2 is 1.90 bits per heavy atom. The van der Waals surface area contributed by atoms with E-state index in [4.69, 9.17) is 0 Å². The highest BCUT2D eigenvalue weighted by Gasteiger charge is 2.28. The third-order valence-electron chi connectivity index (χ3n) is 3.66. The summed E-state index contributed by atoms with van der Waals surface area (Å²) < 4.78 is 1.88. The first-order valence-corrected chi connectivity index (χ1v) is 7.19. The van der Waals surface area contributed by atoms with Crippen LogP contribution < -0.4 is 0 Å². The standard InChI is InChI=1S/C16H23N3O/c1-4-16(20,10-14-8-6-5-7-9-14)11-15-17-12-18-19(15)13(2)3/h5-9,12-13,20H,4,10-11H2,1-3H3. The van der Waals surface area contributed by atoms with E-state index in [0.29, 0.717) is 19.3 Å². The Morgan fingerprint density at radius 1 is 1.20 bits per heavy atom. The Balaban J connectivity index is 2.17. The zero-order valence-electron chi connectivity index (χ0n) is 12.5. The first kappa shape index (κ1) is 14.7. The van der Waals surface area contributed by atoms with Crippen molar-refractivity contribution in [1.29, 1.82) is 0 Å². The minimum absolute atomic E-state index is 0.255. The molecule has 108 valence electrons. The second-order valence-electron chi connectivity index (χ2n) is 5.63. The maximum atomic E-state index is 10.9. The van der Waals surface area contributed by atoms with E-state index >= 15 is 0 Å². The summed E-state index contributed by atoms with van der Waals surface area (Å²) in [4.78, 5) is 4.30. The highest BCUT2D eigenvalue weighted by atomic mass is 16.3. The Bertz CT molecular complexity index is 536. The van der Waals surface area contributed by atoms with Crippen LogP contribution in [0.5, 0.6) is 0 Å². The third-order valence-corrected chi connectivity index (χ3v) is 3.66. The van der Waals surface area contributed by atoms with E-state index in [1.165, 1.54) is 0 Å². The number of aliphatic hydroxyl groups is 1. The SMILES string of the molecule is CCC(O)(Cc1ccccc1)Cc1ncnn1C(C)C. The van der Waals surface area contributed by atoms with Crippen molar-refractivity contribution in [2.75, 3.05) is 0 Å². The van der Waals surface area contributed by atoms with Gasteiger partial charge >= 0.3 is 0 Å². The lowest BCUT2D eigenvalue weighted by molar-refractivity contribution is 0.0336. The van der Waals surface area contributed by atoms with Gasteiger partial charge in [-0.1, -0.05) is 37.3 Å². The summed E-state index contributed by atoms with van der Waals surface area (Å²) in [5, 5.41) is 15.1. The molecule has 1 heterocycles. The van der Waals surface area contributed by atoms with Crippen molar-refractivity contribution in [3.05, 3.63) is 48.0 Å². The maximum absolute atomic E-state index is 10.9. The second kappa shape index (κ2) is 6.18. The number of rotatable bonds is 6. The molecule has 2 rings (SSSR count). The third kappa shape index (κ3) is 3.45. The predicted molar refractivity (Wildman–Crippen MR) is 79.5 cm³/mol. The van der Waals surface area contributed by atoms with Gasteiger partial charge in [0.15, 0.2) is 0 Å². The van der Waals surface area contributed by atoms with Crippen LogP contribution in [0.2, 0.25) is 0 Å². The first-order valence-electron chi connectivity index (χ1n) is 7.19. The molecule has 0 aliphatic rings. The number of nitrogens with zero attached hydrogens (tertiary/aromatic N) is 3. The summed E-state index contributed by atoms with van der Waals surface area (Å²) in [6, 6.07) is 10.3. The van der Waals surface area contributed by atoms with Gasteiger partial charge in [-0.2, -0.15) is 5.10 Å². The highest BCUT2D eigenvalue weighted by molar-refractivity contribution is 5.17. The fraction of sp³-hybridized carbons (Fsp3) is 0.500. The summed E-state index contributed by atoms with van der Waals surface area (Å²) in [6.45, 7) is 6.15. The molecule has 4 nitrogen and oxygen atoms in total. The van der Waals surface area contributed by atoms with Crippen molar-refractivity contribution in [2.24, 2.45) is 0 Å². The van der Waals surface area contributed by atoms with Crippen LogP contribution in [0.15, 0.2) is 36.7 Å². The number of hydrogen-bond acceptors (Lipinski definition) is 3. The van der Waals surface area contributed by atoms with Crippen molar-refractivity contribution in [3.8, 4) is 0 Å². The molecule has 1 aromatic heterocycles. The number of benzene rings is 1. The van der Waals surface area contributed by atoms with Crippen LogP contribution in [0, 0.1) is 0 Å². The van der Waals surface area contributed by atoms with Gasteiger partial charge in [0.2, 0.25) is 0 Å². The van der Waals surface area contributed by atoms with E-state index in [1.54, 1.807) is 6.33 Å². The van der Waals surface area contributed by atoms with E-state index in [-0.39, 0.29) is 6.04 Å². The van der Waals surface area contributed by atoms with Crippen LogP contribution in [0.4, 0.5) is 0 Å². The first-order chi connectivity index (χ1) is 9.54. The number of hydrogen-bond donors (Lipinski definition) is 1. The van der Waals surface area contributed by atoms with Crippen molar-refractivity contribution in [1.82, 2.24) is 14.8 Å². The average molecular weight is 273 g/mol. The summed E-state index contributed by atoms with van der Waals surface area (Å²) >= 11 is 0. The normalized spacial score (nSPS) is 14.4. The molecule has 1 aromatic carbocycles. The molecular formula is C16H23N3O. The number of aromatic nitrogens is 3. The summed E-state index contributed by atoms with van der Waals surface area (Å²) in [5.41, 5.74) is 0.369. The molecule has 1 N–H and O–H groups in total. The minimum Gasteiger partial charge on any atom is -0.389 e. The monoisotopic (exact) mass is 273 g/mol. The largest absolute Gasteiger partial charge is 0.389 e. The van der Waals surface area contributed by atoms with Crippen molar-refractivity contribution in [2.45, 2.75) is 51.7 Å². The molecule has 0 saturated carbocycles. The molecule has 0 spiro atoms. The quantitative estimate of drug-likeness (QED) is 0.880. The summed E-state index contributed by atoms with van der Waals surface area (Å²) in [7, 11) is 0. The van der Waals surface area contributed by atoms with Crippen LogP contribution in [-0.4, -0.2) is 25.5 Å². The van der Waals surface area contributed by atoms with Crippen molar-refractivity contribution in [3.63, 3.8) is 0 Å². The highest BCUT2D eigenvalue weighted by Crippen LogP contribution is 2.22. The Hall–Kier alpha value is -1.68. The van der Waals surface area contributed by atoms with Crippen LogP contribution in [0.1, 0.15) is 44.6 Å². The van der Waals surface area contributed by atoms with Gasteiger partial charge in [-0.3, -0.25) is 0 Å². The van der Waals surface area contributed by atoms with Crippen molar-refractivity contribution < 1.29 is 5.11 Å². The van der Waals surface area contributed by atoms with Gasteiger partial charge in [-0.15, -0.1) is 0 Å². The lowest BCUT2D eigenvalue weighted by Gasteiger charge is -2.27. The lowest BCUT2D eigenvalue weighted by Crippen LogP contribution is -2.34. The molecule has 0 aliphatic carbocycles. The van der Waals surface area contributed by atoms with E-state index in [1.807, 2.05) is 41.9 Å². The average Bonchev–Trinajstić information content (AvgIpc) is 2.88. The maximum Gasteiger partial charge on any atom is 0.138 e. The molecule has 20 heavy (non-hydrogen) atoms. The van der Waals surface area contributed by atoms with E-state index in [2.05, 4.69) is 23.9 Å². The summed E-state index contributed by atoms with van der Waals surface area (Å²) in [6.07, 6.45) is 3.41. The summed E-state index contributed by atoms with van der Waals surface area (Å²) in [5.74, 6) is 0.847. The van der Waals surface area contributed by atoms with Crippen LogP contribution in [0.25, 0.3) is 0 Å². The zero-order valence-corrected chi connectivity index (χ0v) is 12.5. The van der Waals surface area contributed by atoms with E-state index < -0.39 is 5.60 Å². The molecule has 2 aromatic rings. The molecule has 0 amide bonds. The molecular weight excluding hydrogens is 250 g/mol. The van der Waals surface area contributed by atoms with Crippen molar-refractivity contribution >= 4 is 0 Å². The van der Waals surface area contributed by atoms with Crippen LogP contribution >= 0.6 is 0 Å². The lowest BCUT2D eigenvalue weighted by atomic mass is 9.88. The van der Waals surface area contributed by atoms with E-state index in [9.17, 15) is 5.11 Å². The zero-order chi connectivity index (χ0) is 14.6. The van der Waals surface area contributed by atoms with Gasteiger partial charge in [-0.05, 0) is 25.8 Å². The van der Waals surface area contributed by atoms with Gasteiger partial charge in [0, 0.05) is 18.9 Å². The molecule has 0 bridgehead atoms. The molecule has 0 saturated heterocycles. The fourth-order valence-electron chi connectivity index (χ4n) is 2.41. The topological polar surface area (TPSA) is 50.9 Å². The van der Waals surface area contributed by atoms with Gasteiger partial charge in [-0.25, -0.2) is 9.67 Å². The van der Waals surface area contributed by atoms with Gasteiger partial charge in [0.05, 0.1) is 5.60 Å². The second-order valence-corrected chi connectivity index (χ2v) is 5.63. The van der Waals surface area contributed by atoms with Crippen LogP contribution in [-0.2, 0) is 12.8 Å². The van der Waals surface area contributed by atoms with Gasteiger partial charge in [0.1, 0.15) is 12.2 Å². The molecule has 0 aliphatic heterocycles. The van der Waals surface area contributed by atoms with Gasteiger partial charge in [0.25, 0.3) is 0 Å². The Kier molecular flexibility index (Phi) is 4.55.